The summed E-state index contributed by atoms with van der Waals surface area (Å²) in [5.74, 6) is 0. The van der Waals surface area contributed by atoms with Crippen LogP contribution >= 0.6 is 7.14 Å². The monoisotopic (exact) mass is 393 g/mol. The van der Waals surface area contributed by atoms with Gasteiger partial charge in [-0.15, -0.1) is 0 Å². The van der Waals surface area contributed by atoms with Crippen LogP contribution in [0.3, 0.4) is 0 Å². The van der Waals surface area contributed by atoms with Gasteiger partial charge in [-0.3, -0.25) is 4.98 Å². The van der Waals surface area contributed by atoms with E-state index >= 15 is 0 Å². The van der Waals surface area contributed by atoms with Crippen molar-refractivity contribution in [2.24, 2.45) is 0 Å². The first kappa shape index (κ1) is 17.8. The molecule has 0 aliphatic rings. The van der Waals surface area contributed by atoms with Crippen LogP contribution in [0.15, 0.2) is 109 Å². The Kier molecular flexibility index (Phi) is 4.50. The predicted molar refractivity (Wildman–Crippen MR) is 123 cm³/mol. The highest BCUT2D eigenvalue weighted by Gasteiger charge is 2.29. The van der Waals surface area contributed by atoms with E-state index in [-0.39, 0.29) is 0 Å². The number of nitrogens with zero attached hydrogens (tertiary/aromatic N) is 1. The molecule has 1 heterocycles. The van der Waals surface area contributed by atoms with E-state index in [2.05, 4.69) is 18.2 Å². The lowest BCUT2D eigenvalue weighted by molar-refractivity contribution is 0.586. The smallest absolute Gasteiger partial charge is 0.149 e. The fraction of sp³-hybridized carbons (Fsp3) is 0.0385. The molecule has 0 bridgehead atoms. The van der Waals surface area contributed by atoms with Crippen LogP contribution < -0.4 is 10.6 Å². The summed E-state index contributed by atoms with van der Waals surface area (Å²) in [7, 11) is -2.89. The quantitative estimate of drug-likeness (QED) is 0.281. The van der Waals surface area contributed by atoms with Crippen molar-refractivity contribution >= 4 is 39.4 Å². The van der Waals surface area contributed by atoms with E-state index in [9.17, 15) is 4.57 Å². The van der Waals surface area contributed by atoms with Crippen LogP contribution in [-0.2, 0) is 10.7 Å². The van der Waals surface area contributed by atoms with Gasteiger partial charge < -0.3 is 4.57 Å². The summed E-state index contributed by atoms with van der Waals surface area (Å²) < 4.78 is 14.5. The molecule has 2 nitrogen and oxygen atoms in total. The van der Waals surface area contributed by atoms with Gasteiger partial charge in [0.05, 0.1) is 17.4 Å². The molecule has 140 valence electrons. The molecule has 0 aliphatic carbocycles. The topological polar surface area (TPSA) is 30.0 Å². The normalized spacial score (nSPS) is 11.7. The molecule has 29 heavy (non-hydrogen) atoms. The minimum atomic E-state index is -2.89. The van der Waals surface area contributed by atoms with Gasteiger partial charge in [-0.1, -0.05) is 103 Å². The first-order valence-electron chi connectivity index (χ1n) is 9.72. The zero-order valence-corrected chi connectivity index (χ0v) is 16.8. The van der Waals surface area contributed by atoms with E-state index in [1.807, 2.05) is 91.0 Å². The number of rotatable bonds is 4. The molecule has 0 saturated carbocycles. The minimum Gasteiger partial charge on any atom is -0.313 e. The zero-order valence-electron chi connectivity index (χ0n) is 15.9. The van der Waals surface area contributed by atoms with Crippen molar-refractivity contribution in [1.29, 1.82) is 0 Å². The number of pyridine rings is 1. The Hall–Kier alpha value is -3.22. The standard InChI is InChI=1S/C26H20NOP/c28-29(20-11-3-1-4-12-20,21-13-5-2-6-14-21)19-26-24-17-8-7-15-22(24)23-16-9-10-18-25(23)27-26/h1-18H,19H2. The summed E-state index contributed by atoms with van der Waals surface area (Å²) >= 11 is 0. The van der Waals surface area contributed by atoms with Crippen molar-refractivity contribution < 1.29 is 4.57 Å². The lowest BCUT2D eigenvalue weighted by Crippen LogP contribution is -2.18. The average molecular weight is 393 g/mol. The van der Waals surface area contributed by atoms with E-state index in [4.69, 9.17) is 4.98 Å². The Morgan fingerprint density at radius 1 is 0.552 bits per heavy atom. The van der Waals surface area contributed by atoms with Crippen LogP contribution in [0.1, 0.15) is 5.69 Å². The van der Waals surface area contributed by atoms with Gasteiger partial charge in [0.25, 0.3) is 0 Å². The Balaban J connectivity index is 1.76. The van der Waals surface area contributed by atoms with Gasteiger partial charge in [0.15, 0.2) is 0 Å². The Morgan fingerprint density at radius 3 is 1.66 bits per heavy atom. The van der Waals surface area contributed by atoms with E-state index in [0.29, 0.717) is 6.16 Å². The number of fused-ring (bicyclic) bond motifs is 3. The van der Waals surface area contributed by atoms with Crippen LogP contribution in [0.4, 0.5) is 0 Å². The highest BCUT2D eigenvalue weighted by atomic mass is 31.2. The largest absolute Gasteiger partial charge is 0.313 e. The van der Waals surface area contributed by atoms with E-state index in [0.717, 1.165) is 38.0 Å². The van der Waals surface area contributed by atoms with Crippen molar-refractivity contribution in [3.05, 3.63) is 115 Å². The van der Waals surface area contributed by atoms with Crippen LogP contribution in [-0.4, -0.2) is 4.98 Å². The van der Waals surface area contributed by atoms with Gasteiger partial charge in [0, 0.05) is 21.4 Å². The number of hydrogen-bond acceptors (Lipinski definition) is 2. The van der Waals surface area contributed by atoms with Gasteiger partial charge in [-0.2, -0.15) is 0 Å². The molecule has 0 aliphatic heterocycles. The SMILES string of the molecule is O=P(Cc1nc2ccccc2c2ccccc12)(c1ccccc1)c1ccccc1. The second-order valence-electron chi connectivity index (χ2n) is 7.19. The summed E-state index contributed by atoms with van der Waals surface area (Å²) in [5, 5.41) is 5.08. The first-order valence-corrected chi connectivity index (χ1v) is 11.6. The molecule has 4 aromatic carbocycles. The fourth-order valence-corrected chi connectivity index (χ4v) is 6.61. The molecule has 0 unspecified atom stereocenters. The third-order valence-corrected chi connectivity index (χ3v) is 8.42. The maximum atomic E-state index is 14.5. The second-order valence-corrected chi connectivity index (χ2v) is 10.0. The van der Waals surface area contributed by atoms with Crippen LogP contribution in [0, 0.1) is 0 Å². The van der Waals surface area contributed by atoms with Crippen molar-refractivity contribution in [3.63, 3.8) is 0 Å². The molecule has 0 saturated heterocycles. The van der Waals surface area contributed by atoms with Crippen molar-refractivity contribution in [2.75, 3.05) is 0 Å². The van der Waals surface area contributed by atoms with Crippen LogP contribution in [0.5, 0.6) is 0 Å². The van der Waals surface area contributed by atoms with Gasteiger partial charge >= 0.3 is 0 Å². The lowest BCUT2D eigenvalue weighted by atomic mass is 10.0. The molecule has 3 heteroatoms. The van der Waals surface area contributed by atoms with Crippen molar-refractivity contribution in [1.82, 2.24) is 4.98 Å². The maximum absolute atomic E-state index is 14.5. The number of para-hydroxylation sites is 1. The molecule has 0 N–H and O–H groups in total. The first-order chi connectivity index (χ1) is 14.3. The minimum absolute atomic E-state index is 0.395. The van der Waals surface area contributed by atoms with Gasteiger partial charge in [0.1, 0.15) is 7.14 Å². The molecule has 1 aromatic heterocycles. The summed E-state index contributed by atoms with van der Waals surface area (Å²) in [6.07, 6.45) is 0.395. The van der Waals surface area contributed by atoms with E-state index in [1.54, 1.807) is 0 Å². The molecule has 0 fully saturated rings. The van der Waals surface area contributed by atoms with Gasteiger partial charge in [-0.05, 0) is 11.5 Å². The molecule has 0 atom stereocenters. The lowest BCUT2D eigenvalue weighted by Gasteiger charge is -2.20. The summed E-state index contributed by atoms with van der Waals surface area (Å²) in [4.78, 5) is 4.97. The number of hydrogen-bond donors (Lipinski definition) is 0. The van der Waals surface area contributed by atoms with E-state index in [1.165, 1.54) is 0 Å². The molecular weight excluding hydrogens is 373 g/mol. The number of aromatic nitrogens is 1. The summed E-state index contributed by atoms with van der Waals surface area (Å²) in [6, 6.07) is 36.1. The Morgan fingerprint density at radius 2 is 1.03 bits per heavy atom. The third-order valence-electron chi connectivity index (χ3n) is 5.41. The number of benzene rings is 4. The van der Waals surface area contributed by atoms with Gasteiger partial charge in [-0.25, -0.2) is 0 Å². The van der Waals surface area contributed by atoms with Crippen molar-refractivity contribution in [3.8, 4) is 0 Å². The highest BCUT2D eigenvalue weighted by molar-refractivity contribution is 7.78. The predicted octanol–water partition coefficient (Wildman–Crippen LogP) is 5.90. The maximum Gasteiger partial charge on any atom is 0.149 e. The van der Waals surface area contributed by atoms with Crippen LogP contribution in [0.25, 0.3) is 21.7 Å². The Labute approximate surface area is 170 Å². The molecule has 0 radical (unpaired) electrons. The molecule has 0 amide bonds. The third kappa shape index (κ3) is 3.16. The summed E-state index contributed by atoms with van der Waals surface area (Å²) in [5.41, 5.74) is 1.82. The summed E-state index contributed by atoms with van der Waals surface area (Å²) in [6.45, 7) is 0. The van der Waals surface area contributed by atoms with Gasteiger partial charge in [0.2, 0.25) is 0 Å². The van der Waals surface area contributed by atoms with Crippen molar-refractivity contribution in [2.45, 2.75) is 6.16 Å². The molecule has 5 aromatic rings. The van der Waals surface area contributed by atoms with Crippen LogP contribution in [0.2, 0.25) is 0 Å². The fourth-order valence-electron chi connectivity index (χ4n) is 3.97. The highest BCUT2D eigenvalue weighted by Crippen LogP contribution is 2.47. The zero-order chi connectivity index (χ0) is 19.7. The molecule has 0 spiro atoms. The molecule has 5 rings (SSSR count). The molecular formula is C26H20NOP. The Bertz CT molecular complexity index is 1300. The average Bonchev–Trinajstić information content (AvgIpc) is 2.80. The van der Waals surface area contributed by atoms with E-state index < -0.39 is 7.14 Å². The second kappa shape index (κ2) is 7.31.